The van der Waals surface area contributed by atoms with Crippen molar-refractivity contribution >= 4 is 68.0 Å². The fourth-order valence-corrected chi connectivity index (χ4v) is 5.75. The van der Waals surface area contributed by atoms with Crippen LogP contribution in [0.25, 0.3) is 0 Å². The Hall–Kier alpha value is -2.57. The first-order valence-electron chi connectivity index (χ1n) is 10.5. The van der Waals surface area contributed by atoms with Gasteiger partial charge in [-0.25, -0.2) is 13.2 Å². The number of nitrogens with two attached hydrogens (primary N) is 1. The van der Waals surface area contributed by atoms with Crippen LogP contribution in [0.4, 0.5) is 0 Å². The lowest BCUT2D eigenvalue weighted by Crippen LogP contribution is -2.39. The number of thiocarbonyl (C=S) groups is 1. The molecule has 1 heterocycles. The quantitative estimate of drug-likeness (QED) is 0.423. The Bertz CT molecular complexity index is 1220. The van der Waals surface area contributed by atoms with Crippen LogP contribution in [0.5, 0.6) is 0 Å². The summed E-state index contributed by atoms with van der Waals surface area (Å²) in [6.45, 7) is 1.66. The highest BCUT2D eigenvalue weighted by atomic mass is 35.5. The number of amides is 1. The number of sulfone groups is 1. The summed E-state index contributed by atoms with van der Waals surface area (Å²) in [7, 11) is -3.64. The highest BCUT2D eigenvalue weighted by Crippen LogP contribution is 2.28. The second-order valence-corrected chi connectivity index (χ2v) is 11.4. The van der Waals surface area contributed by atoms with E-state index in [0.29, 0.717) is 29.0 Å². The molecule has 0 radical (unpaired) electrons. The summed E-state index contributed by atoms with van der Waals surface area (Å²) in [5.41, 5.74) is 6.44. The van der Waals surface area contributed by atoms with E-state index >= 15 is 0 Å². The van der Waals surface area contributed by atoms with Gasteiger partial charge < -0.3 is 20.8 Å². The van der Waals surface area contributed by atoms with Crippen molar-refractivity contribution < 1.29 is 33.0 Å². The lowest BCUT2D eigenvalue weighted by atomic mass is 10.1. The summed E-state index contributed by atoms with van der Waals surface area (Å²) in [6, 6.07) is 8.95. The van der Waals surface area contributed by atoms with Crippen LogP contribution in [-0.2, 0) is 36.4 Å². The molecule has 36 heavy (non-hydrogen) atoms. The number of carboxylic acid groups (broad SMARTS) is 2. The first-order chi connectivity index (χ1) is 16.7. The molecule has 1 fully saturated rings. The Balaban J connectivity index is 0.000000319. The maximum Gasteiger partial charge on any atom is 0.326 e. The number of hydrogen-bond donors (Lipinski definition) is 3. The average Bonchev–Trinajstić information content (AvgIpc) is 3.20. The molecule has 2 atom stereocenters. The average molecular weight is 575 g/mol. The van der Waals surface area contributed by atoms with Gasteiger partial charge in [0.15, 0.2) is 9.84 Å². The van der Waals surface area contributed by atoms with Crippen LogP contribution >= 0.6 is 35.4 Å². The largest absolute Gasteiger partial charge is 0.480 e. The van der Waals surface area contributed by atoms with Gasteiger partial charge >= 0.3 is 11.9 Å². The van der Waals surface area contributed by atoms with Crippen molar-refractivity contribution in [1.82, 2.24) is 4.90 Å². The number of hydrogen-bond acceptors (Lipinski definition) is 7. The highest BCUT2D eigenvalue weighted by Gasteiger charge is 2.35. The molecular weight excluding hydrogens is 551 g/mol. The molecule has 1 aliphatic heterocycles. The van der Waals surface area contributed by atoms with Crippen LogP contribution in [0.2, 0.25) is 10.0 Å². The van der Waals surface area contributed by atoms with Crippen LogP contribution in [0.1, 0.15) is 24.5 Å². The SMILES string of the molecule is CC(=O)N1CC(=S)C[C@H]1C(=O)O.N[C@@H](Cc1ccc(S(=O)(=O)Cc2c(Cl)cccc2Cl)cc1)C(=O)O. The number of benzene rings is 2. The number of carboxylic acids is 2. The standard InChI is InChI=1S/C16H15Cl2NO4S.C7H9NO3S/c17-13-2-1-3-14(18)12(13)9-24(22,23)11-6-4-10(5-7-11)8-15(19)16(20)21;1-4(9)8-3-5(12)2-6(8)7(10)11/h1-7,15H,8-9,19H2,(H,20,21);6H,2-3H2,1H3,(H,10,11)/t15-;6-/m00/s1. The summed E-state index contributed by atoms with van der Waals surface area (Å²) in [6.07, 6.45) is 0.427. The van der Waals surface area contributed by atoms with Crippen molar-refractivity contribution in [2.24, 2.45) is 5.73 Å². The minimum absolute atomic E-state index is 0.103. The van der Waals surface area contributed by atoms with E-state index in [2.05, 4.69) is 0 Å². The number of likely N-dealkylation sites (tertiary alicyclic amines) is 1. The van der Waals surface area contributed by atoms with Gasteiger partial charge in [-0.05, 0) is 36.2 Å². The zero-order valence-electron chi connectivity index (χ0n) is 19.1. The zero-order chi connectivity index (χ0) is 27.2. The van der Waals surface area contributed by atoms with Crippen molar-refractivity contribution in [2.45, 2.75) is 42.5 Å². The molecule has 2 aromatic carbocycles. The number of nitrogens with zero attached hydrogens (tertiary/aromatic N) is 1. The van der Waals surface area contributed by atoms with E-state index in [1.165, 1.54) is 24.0 Å². The van der Waals surface area contributed by atoms with Crippen molar-refractivity contribution in [3.8, 4) is 0 Å². The number of halogens is 2. The third kappa shape index (κ3) is 7.97. The molecule has 0 aromatic heterocycles. The molecule has 1 saturated heterocycles. The third-order valence-electron chi connectivity index (χ3n) is 5.28. The van der Waals surface area contributed by atoms with E-state index in [-0.39, 0.29) is 33.0 Å². The van der Waals surface area contributed by atoms with Crippen LogP contribution in [0.3, 0.4) is 0 Å². The molecule has 0 unspecified atom stereocenters. The number of rotatable bonds is 7. The Morgan fingerprint density at radius 2 is 1.67 bits per heavy atom. The first-order valence-corrected chi connectivity index (χ1v) is 13.3. The van der Waals surface area contributed by atoms with Crippen LogP contribution in [0, 0.1) is 0 Å². The van der Waals surface area contributed by atoms with Gasteiger partial charge in [-0.2, -0.15) is 0 Å². The number of aliphatic carboxylic acids is 2. The monoisotopic (exact) mass is 574 g/mol. The van der Waals surface area contributed by atoms with Gasteiger partial charge in [0.2, 0.25) is 5.91 Å². The van der Waals surface area contributed by atoms with E-state index in [1.54, 1.807) is 30.3 Å². The van der Waals surface area contributed by atoms with Gasteiger partial charge in [-0.1, -0.05) is 53.6 Å². The van der Waals surface area contributed by atoms with E-state index in [9.17, 15) is 22.8 Å². The van der Waals surface area contributed by atoms with E-state index < -0.39 is 33.9 Å². The summed E-state index contributed by atoms with van der Waals surface area (Å²) in [5.74, 6) is -2.65. The van der Waals surface area contributed by atoms with Gasteiger partial charge in [0.05, 0.1) is 17.2 Å². The van der Waals surface area contributed by atoms with Crippen LogP contribution in [0.15, 0.2) is 47.4 Å². The molecule has 1 amide bonds. The lowest BCUT2D eigenvalue weighted by Gasteiger charge is -2.18. The minimum Gasteiger partial charge on any atom is -0.480 e. The first kappa shape index (κ1) is 29.7. The second-order valence-electron chi connectivity index (χ2n) is 8.00. The fraction of sp³-hybridized carbons (Fsp3) is 0.304. The normalized spacial score (nSPS) is 16.2. The zero-order valence-corrected chi connectivity index (χ0v) is 22.2. The third-order valence-corrected chi connectivity index (χ3v) is 7.95. The Morgan fingerprint density at radius 3 is 2.11 bits per heavy atom. The summed E-state index contributed by atoms with van der Waals surface area (Å²) >= 11 is 16.9. The Morgan fingerprint density at radius 1 is 1.11 bits per heavy atom. The summed E-state index contributed by atoms with van der Waals surface area (Å²) in [4.78, 5) is 34.3. The molecule has 0 saturated carbocycles. The van der Waals surface area contributed by atoms with Crippen molar-refractivity contribution in [3.63, 3.8) is 0 Å². The molecule has 2 aromatic rings. The van der Waals surface area contributed by atoms with Gasteiger partial charge in [-0.15, -0.1) is 0 Å². The number of carbonyl (C=O) groups excluding carboxylic acids is 1. The maximum atomic E-state index is 12.5. The molecule has 9 nitrogen and oxygen atoms in total. The van der Waals surface area contributed by atoms with Gasteiger partial charge in [-0.3, -0.25) is 9.59 Å². The van der Waals surface area contributed by atoms with Gasteiger partial charge in [0, 0.05) is 33.8 Å². The van der Waals surface area contributed by atoms with Crippen molar-refractivity contribution in [2.75, 3.05) is 6.54 Å². The van der Waals surface area contributed by atoms with E-state index in [1.807, 2.05) is 0 Å². The number of carbonyl (C=O) groups is 3. The van der Waals surface area contributed by atoms with Gasteiger partial charge in [0.1, 0.15) is 12.1 Å². The molecule has 1 aliphatic rings. The van der Waals surface area contributed by atoms with E-state index in [4.69, 9.17) is 51.4 Å². The smallest absolute Gasteiger partial charge is 0.326 e. The van der Waals surface area contributed by atoms with Crippen LogP contribution in [-0.4, -0.2) is 64.9 Å². The topological polar surface area (TPSA) is 155 Å². The second kappa shape index (κ2) is 12.6. The molecule has 0 bridgehead atoms. The van der Waals surface area contributed by atoms with Gasteiger partial charge in [0.25, 0.3) is 0 Å². The van der Waals surface area contributed by atoms with Crippen LogP contribution < -0.4 is 5.73 Å². The molecule has 0 aliphatic carbocycles. The predicted octanol–water partition coefficient (Wildman–Crippen LogP) is 2.98. The lowest BCUT2D eigenvalue weighted by molar-refractivity contribution is -0.147. The van der Waals surface area contributed by atoms with E-state index in [0.717, 1.165) is 0 Å². The molecule has 194 valence electrons. The Kier molecular flexibility index (Phi) is 10.4. The maximum absolute atomic E-state index is 12.5. The predicted molar refractivity (Wildman–Crippen MR) is 139 cm³/mol. The summed E-state index contributed by atoms with van der Waals surface area (Å²) < 4.78 is 25.0. The molecule has 0 spiro atoms. The molecule has 4 N–H and O–H groups in total. The van der Waals surface area contributed by atoms with Crippen molar-refractivity contribution in [3.05, 3.63) is 63.6 Å². The van der Waals surface area contributed by atoms with Crippen molar-refractivity contribution in [1.29, 1.82) is 0 Å². The highest BCUT2D eigenvalue weighted by molar-refractivity contribution is 7.90. The Labute approximate surface area is 223 Å². The molecule has 13 heteroatoms. The molecule has 3 rings (SSSR count). The fourth-order valence-electron chi connectivity index (χ4n) is 3.36. The minimum atomic E-state index is -3.64. The summed E-state index contributed by atoms with van der Waals surface area (Å²) in [5, 5.41) is 18.1. The molecular formula is C23H24Cl2N2O7S2.